The molecule has 4 rings (SSSR count). The third-order valence-corrected chi connectivity index (χ3v) is 4.96. The number of carbonyl (C=O) groups is 2. The fraction of sp³-hybridized carbons (Fsp3) is 0.217. The molecule has 1 aliphatic rings. The van der Waals surface area contributed by atoms with Crippen LogP contribution in [0.2, 0.25) is 0 Å². The van der Waals surface area contributed by atoms with Crippen molar-refractivity contribution in [3.63, 3.8) is 0 Å². The summed E-state index contributed by atoms with van der Waals surface area (Å²) < 4.78 is 6.45. The number of carbonyl (C=O) groups excluding carboxylic acids is 2. The van der Waals surface area contributed by atoms with E-state index in [4.69, 9.17) is 4.74 Å². The number of rotatable bonds is 5. The second-order valence-electron chi connectivity index (χ2n) is 6.63. The molecule has 0 radical (unpaired) electrons. The number of benzene rings is 1. The topological polar surface area (TPSA) is 58.6 Å². The van der Waals surface area contributed by atoms with Gasteiger partial charge in [-0.25, -0.2) is 12.1 Å². The molecule has 30 heavy (non-hydrogen) atoms. The van der Waals surface area contributed by atoms with Crippen molar-refractivity contribution in [3.05, 3.63) is 88.9 Å². The minimum absolute atomic E-state index is 0. The molecule has 1 heterocycles. The van der Waals surface area contributed by atoms with Gasteiger partial charge in [0.15, 0.2) is 0 Å². The van der Waals surface area contributed by atoms with Crippen LogP contribution in [-0.4, -0.2) is 36.0 Å². The van der Waals surface area contributed by atoms with Gasteiger partial charge in [0.25, 0.3) is 0 Å². The summed E-state index contributed by atoms with van der Waals surface area (Å²) in [4.78, 5) is 26.4. The van der Waals surface area contributed by atoms with Crippen molar-refractivity contribution >= 4 is 33.4 Å². The van der Waals surface area contributed by atoms with Crippen LogP contribution < -0.4 is 5.32 Å². The van der Waals surface area contributed by atoms with E-state index in [1.165, 1.54) is 0 Å². The monoisotopic (exact) mass is 510 g/mol. The van der Waals surface area contributed by atoms with Crippen molar-refractivity contribution in [3.8, 4) is 0 Å². The van der Waals surface area contributed by atoms with Crippen LogP contribution in [0.1, 0.15) is 12.0 Å². The van der Waals surface area contributed by atoms with E-state index >= 15 is 0 Å². The van der Waals surface area contributed by atoms with E-state index in [0.29, 0.717) is 25.4 Å². The Morgan fingerprint density at radius 3 is 2.47 bits per heavy atom. The number of hydrogen-bond donors (Lipinski definition) is 1. The van der Waals surface area contributed by atoms with Gasteiger partial charge in [0.1, 0.15) is 6.10 Å². The molecule has 0 aliphatic carbocycles. The Bertz CT molecular complexity index is 863. The SMILES string of the molecule is O=C(CC1OCCN(C[c-]2[cH-][cH-][cH-][cH-]2)C1=O)Nc1ccc(Br)cc1.[Fe].c1cc[cH-]c1. The first-order valence-corrected chi connectivity index (χ1v) is 10.2. The van der Waals surface area contributed by atoms with Gasteiger partial charge in [-0.15, -0.1) is 6.54 Å². The van der Waals surface area contributed by atoms with Gasteiger partial charge in [-0.2, -0.15) is 18.2 Å². The molecule has 0 bridgehead atoms. The summed E-state index contributed by atoms with van der Waals surface area (Å²) in [6.45, 7) is 1.55. The molecule has 1 atom stereocenters. The minimum Gasteiger partial charge on any atom is -0.748 e. The molecule has 0 saturated carbocycles. The van der Waals surface area contributed by atoms with Crippen LogP contribution in [0.5, 0.6) is 0 Å². The molecule has 5 nitrogen and oxygen atoms in total. The molecule has 164 valence electrons. The van der Waals surface area contributed by atoms with E-state index in [2.05, 4.69) is 21.2 Å². The Hall–Kier alpha value is -2.18. The zero-order chi connectivity index (χ0) is 20.5. The molecule has 3 aromatic carbocycles. The van der Waals surface area contributed by atoms with E-state index in [9.17, 15) is 9.59 Å². The fourth-order valence-corrected chi connectivity index (χ4v) is 3.23. The first-order valence-electron chi connectivity index (χ1n) is 9.45. The van der Waals surface area contributed by atoms with Crippen molar-refractivity contribution in [2.75, 3.05) is 18.5 Å². The number of ether oxygens (including phenoxy) is 1. The number of nitrogens with one attached hydrogen (secondary N) is 1. The van der Waals surface area contributed by atoms with E-state index < -0.39 is 6.10 Å². The Balaban J connectivity index is 0.000000468. The van der Waals surface area contributed by atoms with E-state index in [1.807, 2.05) is 66.7 Å². The zero-order valence-electron chi connectivity index (χ0n) is 16.3. The summed E-state index contributed by atoms with van der Waals surface area (Å²) in [6, 6.07) is 25.2. The van der Waals surface area contributed by atoms with Crippen LogP contribution in [0.4, 0.5) is 5.69 Å². The number of hydrogen-bond acceptors (Lipinski definition) is 3. The Kier molecular flexibility index (Phi) is 10.0. The molecule has 1 unspecified atom stereocenters. The van der Waals surface area contributed by atoms with Crippen molar-refractivity contribution in [2.24, 2.45) is 0 Å². The van der Waals surface area contributed by atoms with Gasteiger partial charge in [0.2, 0.25) is 11.8 Å². The maximum Gasteiger partial charge on any atom is 0.249 e. The van der Waals surface area contributed by atoms with E-state index in [-0.39, 0.29) is 35.3 Å². The third kappa shape index (κ3) is 7.58. The van der Waals surface area contributed by atoms with Gasteiger partial charge in [-0.05, 0) is 24.3 Å². The molecule has 1 saturated heterocycles. The summed E-state index contributed by atoms with van der Waals surface area (Å²) in [5.74, 6) is -0.362. The van der Waals surface area contributed by atoms with Gasteiger partial charge in [-0.1, -0.05) is 15.9 Å². The van der Waals surface area contributed by atoms with Gasteiger partial charge < -0.3 is 44.8 Å². The number of morpholine rings is 1. The molecular weight excluding hydrogens is 488 g/mol. The predicted octanol–water partition coefficient (Wildman–Crippen LogP) is 4.33. The third-order valence-electron chi connectivity index (χ3n) is 4.43. The molecular formula is C23H23BrFeN2O3-6. The van der Waals surface area contributed by atoms with Crippen molar-refractivity contribution in [1.29, 1.82) is 0 Å². The zero-order valence-corrected chi connectivity index (χ0v) is 19.0. The maximum atomic E-state index is 12.5. The summed E-state index contributed by atoms with van der Waals surface area (Å²) in [5.41, 5.74) is 1.78. The molecule has 1 N–H and O–H groups in total. The minimum atomic E-state index is -0.718. The molecule has 1 aliphatic heterocycles. The van der Waals surface area contributed by atoms with Crippen LogP contribution in [0.3, 0.4) is 0 Å². The normalized spacial score (nSPS) is 15.6. The molecule has 2 amide bonds. The number of anilines is 1. The van der Waals surface area contributed by atoms with Crippen LogP contribution in [-0.2, 0) is 37.9 Å². The number of halogens is 1. The Morgan fingerprint density at radius 1 is 1.20 bits per heavy atom. The smallest absolute Gasteiger partial charge is 0.249 e. The van der Waals surface area contributed by atoms with Crippen LogP contribution >= 0.6 is 15.9 Å². The van der Waals surface area contributed by atoms with E-state index in [0.717, 1.165) is 10.0 Å². The van der Waals surface area contributed by atoms with Crippen molar-refractivity contribution < 1.29 is 31.4 Å². The van der Waals surface area contributed by atoms with Gasteiger partial charge in [0, 0.05) is 33.8 Å². The Morgan fingerprint density at radius 2 is 1.87 bits per heavy atom. The fourth-order valence-electron chi connectivity index (χ4n) is 2.97. The van der Waals surface area contributed by atoms with Crippen LogP contribution in [0, 0.1) is 0 Å². The standard InChI is InChI=1S/C18H18BrN2O3.C5H5.Fe/c19-14-5-7-15(8-6-14)20-17(22)11-16-18(23)21(9-10-24-16)12-13-3-1-2-4-13;1-2-4-5-3-1;/h1-8,16H,9-12H2,(H,20,22);1-5H;/q-5;-1;. The van der Waals surface area contributed by atoms with Gasteiger partial charge >= 0.3 is 0 Å². The summed E-state index contributed by atoms with van der Waals surface area (Å²) in [6.07, 6.45) is -0.698. The van der Waals surface area contributed by atoms with Gasteiger partial charge in [0.05, 0.1) is 13.0 Å². The first-order chi connectivity index (χ1) is 14.1. The van der Waals surface area contributed by atoms with Crippen LogP contribution in [0.25, 0.3) is 0 Å². The average molecular weight is 511 g/mol. The molecule has 7 heteroatoms. The summed E-state index contributed by atoms with van der Waals surface area (Å²) in [5, 5.41) is 2.79. The average Bonchev–Trinajstić information content (AvgIpc) is 3.44. The predicted molar refractivity (Wildman–Crippen MR) is 117 cm³/mol. The number of nitrogens with zero attached hydrogens (tertiary/aromatic N) is 1. The molecule has 0 spiro atoms. The van der Waals surface area contributed by atoms with Crippen LogP contribution in [0.15, 0.2) is 83.3 Å². The maximum absolute atomic E-state index is 12.5. The molecule has 3 aromatic rings. The van der Waals surface area contributed by atoms with Gasteiger partial charge in [-0.3, -0.25) is 9.59 Å². The number of amides is 2. The van der Waals surface area contributed by atoms with E-state index in [1.54, 1.807) is 17.0 Å². The quantitative estimate of drug-likeness (QED) is 0.410. The summed E-state index contributed by atoms with van der Waals surface area (Å²) >= 11 is 3.35. The largest absolute Gasteiger partial charge is 0.748 e. The second kappa shape index (κ2) is 12.5. The van der Waals surface area contributed by atoms with Crippen molar-refractivity contribution in [2.45, 2.75) is 19.1 Å². The summed E-state index contributed by atoms with van der Waals surface area (Å²) in [7, 11) is 0. The molecule has 0 aromatic heterocycles. The molecule has 1 fully saturated rings. The Labute approximate surface area is 195 Å². The second-order valence-corrected chi connectivity index (χ2v) is 7.55. The van der Waals surface area contributed by atoms with Crippen molar-refractivity contribution in [1.82, 2.24) is 4.90 Å². The first kappa shape index (κ1) is 24.1.